The molecule has 1 heterocycles. The van der Waals surface area contributed by atoms with Gasteiger partial charge in [-0.2, -0.15) is 5.06 Å². The number of halogens is 2. The lowest BCUT2D eigenvalue weighted by Crippen LogP contribution is -2.75. The molecular formula is C33H39Cl2N5O3. The summed E-state index contributed by atoms with van der Waals surface area (Å²) < 4.78 is 0. The van der Waals surface area contributed by atoms with Crippen molar-refractivity contribution in [1.82, 2.24) is 10.4 Å². The lowest BCUT2D eigenvalue weighted by atomic mass is 9.74. The quantitative estimate of drug-likeness (QED) is 0.154. The van der Waals surface area contributed by atoms with Crippen LogP contribution < -0.4 is 16.4 Å². The van der Waals surface area contributed by atoms with Gasteiger partial charge in [0.15, 0.2) is 5.66 Å². The van der Waals surface area contributed by atoms with Crippen molar-refractivity contribution in [1.29, 1.82) is 0 Å². The Bertz CT molecular complexity index is 1420. The van der Waals surface area contributed by atoms with Crippen LogP contribution in [0, 0.1) is 11.8 Å². The number of nitrogens with two attached hydrogens (primary N) is 1. The second-order valence-electron chi connectivity index (χ2n) is 11.4. The van der Waals surface area contributed by atoms with Gasteiger partial charge < -0.3 is 11.1 Å². The largest absolute Gasteiger partial charge is 0.366 e. The van der Waals surface area contributed by atoms with Crippen LogP contribution in [-0.2, 0) is 20.1 Å². The summed E-state index contributed by atoms with van der Waals surface area (Å²) >= 11 is 12.7. The number of amides is 2. The molecule has 2 atom stereocenters. The first-order valence-electron chi connectivity index (χ1n) is 14.4. The van der Waals surface area contributed by atoms with Crippen molar-refractivity contribution in [2.75, 3.05) is 11.9 Å². The summed E-state index contributed by atoms with van der Waals surface area (Å²) in [5.41, 5.74) is 6.33. The molecule has 3 aromatic rings. The van der Waals surface area contributed by atoms with E-state index in [2.05, 4.69) is 10.6 Å². The zero-order valence-electron chi connectivity index (χ0n) is 25.1. The Kier molecular flexibility index (Phi) is 10.2. The van der Waals surface area contributed by atoms with E-state index in [4.69, 9.17) is 38.8 Å². The third-order valence-corrected chi connectivity index (χ3v) is 8.13. The fourth-order valence-corrected chi connectivity index (χ4v) is 5.95. The number of rotatable bonds is 12. The zero-order valence-corrected chi connectivity index (χ0v) is 26.6. The molecule has 1 aliphatic heterocycles. The summed E-state index contributed by atoms with van der Waals surface area (Å²) in [7, 11) is 0. The molecule has 4 rings (SSSR count). The van der Waals surface area contributed by atoms with E-state index < -0.39 is 29.1 Å². The molecule has 0 fully saturated rings. The molecule has 0 aromatic heterocycles. The van der Waals surface area contributed by atoms with Gasteiger partial charge in [0.05, 0.1) is 18.9 Å². The number of hydroxylamine groups is 2. The van der Waals surface area contributed by atoms with Crippen LogP contribution in [0.3, 0.4) is 0 Å². The van der Waals surface area contributed by atoms with E-state index in [1.54, 1.807) is 13.3 Å². The van der Waals surface area contributed by atoms with Crippen LogP contribution in [-0.4, -0.2) is 35.5 Å². The first-order valence-corrected chi connectivity index (χ1v) is 15.2. The molecule has 3 aromatic carbocycles. The zero-order chi connectivity index (χ0) is 31.4. The maximum atomic E-state index is 13.9. The standard InChI is InChI=1S/C33H39Cl2N5O3/c1-6-43-40(29(41)19-21(2)3)33(22(4)5,31(36)42)39-32(27-9-7-8-10-28(27)37-20-38-32)30(23-11-15-25(34)16-12-23)24-13-17-26(35)18-14-24/h7-18,20-22,30,39H,6,19H2,1-5H3,(H2,36,42)(H,37,38). The minimum atomic E-state index is -1.82. The van der Waals surface area contributed by atoms with E-state index >= 15 is 0 Å². The molecule has 10 heteroatoms. The predicted molar refractivity (Wildman–Crippen MR) is 173 cm³/mol. The minimum Gasteiger partial charge on any atom is -0.366 e. The van der Waals surface area contributed by atoms with Gasteiger partial charge in [0, 0.05) is 33.6 Å². The van der Waals surface area contributed by atoms with Crippen LogP contribution in [0.1, 0.15) is 63.6 Å². The van der Waals surface area contributed by atoms with Crippen molar-refractivity contribution in [3.8, 4) is 0 Å². The van der Waals surface area contributed by atoms with Crippen molar-refractivity contribution in [2.45, 2.75) is 58.3 Å². The molecule has 0 saturated heterocycles. The van der Waals surface area contributed by atoms with Gasteiger partial charge in [-0.05, 0) is 54.3 Å². The topological polar surface area (TPSA) is 109 Å². The maximum absolute atomic E-state index is 13.9. The van der Waals surface area contributed by atoms with Crippen molar-refractivity contribution >= 4 is 47.0 Å². The monoisotopic (exact) mass is 623 g/mol. The number of anilines is 1. The van der Waals surface area contributed by atoms with Gasteiger partial charge in [-0.25, -0.2) is 4.99 Å². The van der Waals surface area contributed by atoms with E-state index in [0.29, 0.717) is 10.0 Å². The predicted octanol–water partition coefficient (Wildman–Crippen LogP) is 6.69. The normalized spacial score (nSPS) is 17.4. The smallest absolute Gasteiger partial charge is 0.261 e. The van der Waals surface area contributed by atoms with Gasteiger partial charge in [-0.3, -0.25) is 19.7 Å². The Morgan fingerprint density at radius 3 is 2.02 bits per heavy atom. The van der Waals surface area contributed by atoms with E-state index in [1.807, 2.05) is 100 Å². The number of primary amides is 1. The number of aliphatic imine (C=N–C) groups is 1. The van der Waals surface area contributed by atoms with Gasteiger partial charge >= 0.3 is 0 Å². The molecule has 2 amide bonds. The number of carbonyl (C=O) groups is 2. The summed E-state index contributed by atoms with van der Waals surface area (Å²) in [5, 5.41) is 9.13. The summed E-state index contributed by atoms with van der Waals surface area (Å²) in [6, 6.07) is 22.7. The van der Waals surface area contributed by atoms with Crippen LogP contribution in [0.4, 0.5) is 5.69 Å². The highest BCUT2D eigenvalue weighted by molar-refractivity contribution is 6.30. The van der Waals surface area contributed by atoms with Gasteiger partial charge in [0.2, 0.25) is 11.6 Å². The Hall–Kier alpha value is -3.43. The average Bonchev–Trinajstić information content (AvgIpc) is 2.96. The van der Waals surface area contributed by atoms with Gasteiger partial charge in [-0.15, -0.1) is 0 Å². The number of carbonyl (C=O) groups excluding carboxylic acids is 2. The summed E-state index contributed by atoms with van der Waals surface area (Å²) in [6.07, 6.45) is 1.75. The van der Waals surface area contributed by atoms with Crippen molar-refractivity contribution in [3.63, 3.8) is 0 Å². The van der Waals surface area contributed by atoms with Crippen LogP contribution in [0.25, 0.3) is 0 Å². The molecule has 0 radical (unpaired) electrons. The molecule has 228 valence electrons. The molecule has 4 N–H and O–H groups in total. The first kappa shape index (κ1) is 32.5. The van der Waals surface area contributed by atoms with Crippen molar-refractivity contribution < 1.29 is 14.4 Å². The molecule has 0 aliphatic carbocycles. The Labute approximate surface area is 263 Å². The average molecular weight is 625 g/mol. The highest BCUT2D eigenvalue weighted by Gasteiger charge is 2.57. The molecule has 43 heavy (non-hydrogen) atoms. The van der Waals surface area contributed by atoms with Gasteiger partial charge in [0.25, 0.3) is 5.91 Å². The van der Waals surface area contributed by atoms with Crippen LogP contribution in [0.2, 0.25) is 10.0 Å². The van der Waals surface area contributed by atoms with Crippen LogP contribution >= 0.6 is 23.2 Å². The maximum Gasteiger partial charge on any atom is 0.261 e. The van der Waals surface area contributed by atoms with Crippen molar-refractivity contribution in [2.24, 2.45) is 22.6 Å². The molecule has 8 nitrogen and oxygen atoms in total. The molecule has 0 bridgehead atoms. The van der Waals surface area contributed by atoms with Gasteiger partial charge in [0.1, 0.15) is 0 Å². The number of hydrogen-bond donors (Lipinski definition) is 3. The second kappa shape index (κ2) is 13.5. The van der Waals surface area contributed by atoms with Gasteiger partial charge in [-0.1, -0.05) is 93.4 Å². The molecule has 1 aliphatic rings. The summed E-state index contributed by atoms with van der Waals surface area (Å²) in [4.78, 5) is 38.8. The second-order valence-corrected chi connectivity index (χ2v) is 12.2. The molecule has 0 spiro atoms. The number of fused-ring (bicyclic) bond motifs is 1. The highest BCUT2D eigenvalue weighted by atomic mass is 35.5. The Morgan fingerprint density at radius 2 is 1.53 bits per heavy atom. The summed E-state index contributed by atoms with van der Waals surface area (Å²) in [5.74, 6) is -2.23. The Balaban J connectivity index is 2.09. The van der Waals surface area contributed by atoms with Crippen LogP contribution in [0.5, 0.6) is 0 Å². The number of nitrogens with zero attached hydrogens (tertiary/aromatic N) is 2. The van der Waals surface area contributed by atoms with E-state index in [0.717, 1.165) is 27.4 Å². The fourth-order valence-electron chi connectivity index (χ4n) is 5.70. The highest BCUT2D eigenvalue weighted by Crippen LogP contribution is 2.49. The number of hydrogen-bond acceptors (Lipinski definition) is 6. The number of benzene rings is 3. The Morgan fingerprint density at radius 1 is 0.977 bits per heavy atom. The molecule has 0 saturated carbocycles. The van der Waals surface area contributed by atoms with Crippen LogP contribution in [0.15, 0.2) is 77.8 Å². The lowest BCUT2D eigenvalue weighted by Gasteiger charge is -2.51. The number of nitrogens with one attached hydrogen (secondary N) is 2. The molecular weight excluding hydrogens is 585 g/mol. The fraction of sp³-hybridized carbons (Fsp3) is 0.364. The third-order valence-electron chi connectivity index (χ3n) is 7.63. The minimum absolute atomic E-state index is 0.00988. The van der Waals surface area contributed by atoms with E-state index in [9.17, 15) is 9.59 Å². The summed E-state index contributed by atoms with van der Waals surface area (Å²) in [6.45, 7) is 9.43. The lowest BCUT2D eigenvalue weighted by molar-refractivity contribution is -0.238. The van der Waals surface area contributed by atoms with E-state index in [1.165, 1.54) is 0 Å². The molecule has 2 unspecified atom stereocenters. The first-order chi connectivity index (χ1) is 20.5. The number of para-hydroxylation sites is 1. The van der Waals surface area contributed by atoms with Crippen molar-refractivity contribution in [3.05, 3.63) is 99.5 Å². The SMILES string of the molecule is CCON(C(=O)CC(C)C)C(NC1(C(c2ccc(Cl)cc2)c2ccc(Cl)cc2)N=CNc2ccccc21)(C(N)=O)C(C)C. The van der Waals surface area contributed by atoms with E-state index in [-0.39, 0.29) is 24.9 Å². The third kappa shape index (κ3) is 6.43.